The van der Waals surface area contributed by atoms with Crippen LogP contribution in [0.3, 0.4) is 0 Å². The van der Waals surface area contributed by atoms with Gasteiger partial charge in [0.15, 0.2) is 0 Å². The summed E-state index contributed by atoms with van der Waals surface area (Å²) in [6, 6.07) is 6.39. The summed E-state index contributed by atoms with van der Waals surface area (Å²) < 4.78 is 37.1. The van der Waals surface area contributed by atoms with Crippen LogP contribution in [-0.2, 0) is 27.8 Å². The summed E-state index contributed by atoms with van der Waals surface area (Å²) in [5.74, 6) is 0.624. The molecule has 2 heterocycles. The van der Waals surface area contributed by atoms with Gasteiger partial charge in [0.05, 0.1) is 44.0 Å². The molecule has 1 saturated heterocycles. The zero-order valence-electron chi connectivity index (χ0n) is 14.9. The van der Waals surface area contributed by atoms with Crippen LogP contribution >= 0.6 is 11.3 Å². The molecule has 0 saturated carbocycles. The number of ether oxygens (including phenoxy) is 2. The quantitative estimate of drug-likeness (QED) is 0.710. The Bertz CT molecular complexity index is 815. The SMILES string of the molecule is COc1ccc(S(=O)(=O)N(C)Cc2csc(CN3CCOCC3)n2)cc1. The molecule has 0 spiro atoms. The normalized spacial score (nSPS) is 16.1. The lowest BCUT2D eigenvalue weighted by Gasteiger charge is -2.25. The number of methoxy groups -OCH3 is 1. The third-order valence-corrected chi connectivity index (χ3v) is 6.91. The Labute approximate surface area is 158 Å². The zero-order chi connectivity index (χ0) is 18.6. The predicted molar refractivity (Wildman–Crippen MR) is 99.9 cm³/mol. The second kappa shape index (κ2) is 8.45. The van der Waals surface area contributed by atoms with E-state index in [9.17, 15) is 8.42 Å². The molecule has 1 aromatic carbocycles. The Hall–Kier alpha value is -1.52. The van der Waals surface area contributed by atoms with Crippen molar-refractivity contribution >= 4 is 21.4 Å². The molecule has 1 aromatic heterocycles. The molecule has 26 heavy (non-hydrogen) atoms. The maximum Gasteiger partial charge on any atom is 0.243 e. The Morgan fingerprint density at radius 1 is 1.27 bits per heavy atom. The number of benzene rings is 1. The predicted octanol–water partition coefficient (Wildman–Crippen LogP) is 1.80. The van der Waals surface area contributed by atoms with Gasteiger partial charge in [0.1, 0.15) is 10.8 Å². The molecule has 0 atom stereocenters. The minimum atomic E-state index is -3.56. The fourth-order valence-corrected chi connectivity index (χ4v) is 4.65. The van der Waals surface area contributed by atoms with Crippen LogP contribution in [0.4, 0.5) is 0 Å². The highest BCUT2D eigenvalue weighted by Gasteiger charge is 2.22. The Balaban J connectivity index is 1.64. The Morgan fingerprint density at radius 3 is 2.62 bits per heavy atom. The molecule has 3 rings (SSSR count). The van der Waals surface area contributed by atoms with E-state index in [-0.39, 0.29) is 11.4 Å². The molecule has 0 unspecified atom stereocenters. The van der Waals surface area contributed by atoms with Gasteiger partial charge in [-0.2, -0.15) is 4.31 Å². The standard InChI is InChI=1S/C17H23N3O4S2/c1-19(26(21,22)16-5-3-15(23-2)4-6-16)11-14-13-25-17(18-14)12-20-7-9-24-10-8-20/h3-6,13H,7-12H2,1-2H3. The summed E-state index contributed by atoms with van der Waals surface area (Å²) in [5.41, 5.74) is 0.762. The third kappa shape index (κ3) is 4.60. The lowest BCUT2D eigenvalue weighted by Crippen LogP contribution is -2.35. The maximum atomic E-state index is 12.7. The van der Waals surface area contributed by atoms with Crippen molar-refractivity contribution in [1.82, 2.24) is 14.2 Å². The van der Waals surface area contributed by atoms with Crippen molar-refractivity contribution in [3.05, 3.63) is 40.3 Å². The summed E-state index contributed by atoms with van der Waals surface area (Å²) in [4.78, 5) is 7.12. The largest absolute Gasteiger partial charge is 0.497 e. The number of hydrogen-bond acceptors (Lipinski definition) is 7. The number of sulfonamides is 1. The number of hydrogen-bond donors (Lipinski definition) is 0. The smallest absolute Gasteiger partial charge is 0.243 e. The molecule has 0 N–H and O–H groups in total. The Kier molecular flexibility index (Phi) is 6.25. The van der Waals surface area contributed by atoms with Gasteiger partial charge < -0.3 is 9.47 Å². The molecule has 0 aliphatic carbocycles. The van der Waals surface area contributed by atoms with Crippen molar-refractivity contribution in [1.29, 1.82) is 0 Å². The van der Waals surface area contributed by atoms with Crippen molar-refractivity contribution in [2.45, 2.75) is 18.0 Å². The topological polar surface area (TPSA) is 72.0 Å². The summed E-state index contributed by atoms with van der Waals surface area (Å²) in [5, 5.41) is 2.92. The van der Waals surface area contributed by atoms with Gasteiger partial charge in [0.2, 0.25) is 10.0 Å². The van der Waals surface area contributed by atoms with E-state index in [0.717, 1.165) is 43.5 Å². The summed E-state index contributed by atoms with van der Waals surface area (Å²) in [6.45, 7) is 4.33. The van der Waals surface area contributed by atoms with Crippen LogP contribution < -0.4 is 4.74 Å². The fourth-order valence-electron chi connectivity index (χ4n) is 2.69. The van der Waals surface area contributed by atoms with Gasteiger partial charge >= 0.3 is 0 Å². The monoisotopic (exact) mass is 397 g/mol. The van der Waals surface area contributed by atoms with E-state index in [0.29, 0.717) is 5.75 Å². The van der Waals surface area contributed by atoms with E-state index in [2.05, 4.69) is 9.88 Å². The second-order valence-corrected chi connectivity index (χ2v) is 9.05. The van der Waals surface area contributed by atoms with Crippen molar-refractivity contribution in [2.24, 2.45) is 0 Å². The van der Waals surface area contributed by atoms with Crippen LogP contribution in [0.1, 0.15) is 10.7 Å². The molecule has 9 heteroatoms. The van der Waals surface area contributed by atoms with Gasteiger partial charge in [0, 0.05) is 25.5 Å². The molecule has 1 aliphatic rings. The van der Waals surface area contributed by atoms with Crippen molar-refractivity contribution in [2.75, 3.05) is 40.5 Å². The maximum absolute atomic E-state index is 12.7. The van der Waals surface area contributed by atoms with E-state index in [1.165, 1.54) is 4.31 Å². The summed E-state index contributed by atoms with van der Waals surface area (Å²) in [7, 11) is -0.447. The highest BCUT2D eigenvalue weighted by atomic mass is 32.2. The van der Waals surface area contributed by atoms with E-state index in [1.54, 1.807) is 49.8 Å². The van der Waals surface area contributed by atoms with Crippen molar-refractivity contribution in [3.63, 3.8) is 0 Å². The van der Waals surface area contributed by atoms with Gasteiger partial charge in [-0.1, -0.05) is 0 Å². The summed E-state index contributed by atoms with van der Waals surface area (Å²) in [6.07, 6.45) is 0. The van der Waals surface area contributed by atoms with Crippen molar-refractivity contribution in [3.8, 4) is 5.75 Å². The minimum absolute atomic E-state index is 0.240. The first-order valence-electron chi connectivity index (χ1n) is 8.33. The van der Waals surface area contributed by atoms with Gasteiger partial charge in [0.25, 0.3) is 0 Å². The van der Waals surface area contributed by atoms with Gasteiger partial charge in [-0.3, -0.25) is 4.90 Å². The third-order valence-electron chi connectivity index (χ3n) is 4.21. The fraction of sp³-hybridized carbons (Fsp3) is 0.471. The molecular formula is C17H23N3O4S2. The highest BCUT2D eigenvalue weighted by molar-refractivity contribution is 7.89. The van der Waals surface area contributed by atoms with Gasteiger partial charge in [-0.05, 0) is 24.3 Å². The first-order chi connectivity index (χ1) is 12.5. The number of nitrogens with zero attached hydrogens (tertiary/aromatic N) is 3. The van der Waals surface area contributed by atoms with E-state index in [4.69, 9.17) is 9.47 Å². The molecular weight excluding hydrogens is 374 g/mol. The second-order valence-electron chi connectivity index (χ2n) is 6.06. The number of morpholine rings is 1. The highest BCUT2D eigenvalue weighted by Crippen LogP contribution is 2.21. The molecule has 0 bridgehead atoms. The average molecular weight is 398 g/mol. The first kappa shape index (κ1) is 19.2. The van der Waals surface area contributed by atoms with Crippen LogP contribution in [0.25, 0.3) is 0 Å². The number of aromatic nitrogens is 1. The molecule has 0 radical (unpaired) electrons. The average Bonchev–Trinajstić information content (AvgIpc) is 3.09. The van der Waals surface area contributed by atoms with Gasteiger partial charge in [-0.25, -0.2) is 13.4 Å². The molecule has 2 aromatic rings. The van der Waals surface area contributed by atoms with Crippen LogP contribution in [0, 0.1) is 0 Å². The minimum Gasteiger partial charge on any atom is -0.497 e. The molecule has 142 valence electrons. The molecule has 7 nitrogen and oxygen atoms in total. The molecule has 1 aliphatic heterocycles. The Morgan fingerprint density at radius 2 is 1.96 bits per heavy atom. The lowest BCUT2D eigenvalue weighted by atomic mass is 10.3. The van der Waals surface area contributed by atoms with E-state index >= 15 is 0 Å². The molecule has 0 amide bonds. The number of thiazole rings is 1. The van der Waals surface area contributed by atoms with Gasteiger partial charge in [-0.15, -0.1) is 11.3 Å². The van der Waals surface area contributed by atoms with E-state index < -0.39 is 10.0 Å². The van der Waals surface area contributed by atoms with Crippen LogP contribution in [-0.4, -0.2) is 63.1 Å². The van der Waals surface area contributed by atoms with Crippen LogP contribution in [0.15, 0.2) is 34.5 Å². The number of rotatable bonds is 7. The van der Waals surface area contributed by atoms with Crippen molar-refractivity contribution < 1.29 is 17.9 Å². The van der Waals surface area contributed by atoms with E-state index in [1.807, 2.05) is 5.38 Å². The lowest BCUT2D eigenvalue weighted by molar-refractivity contribution is 0.0341. The van der Waals surface area contributed by atoms with Crippen LogP contribution in [0.5, 0.6) is 5.75 Å². The molecule has 1 fully saturated rings. The first-order valence-corrected chi connectivity index (χ1v) is 10.6. The summed E-state index contributed by atoms with van der Waals surface area (Å²) >= 11 is 1.56. The zero-order valence-corrected chi connectivity index (χ0v) is 16.6. The van der Waals surface area contributed by atoms with Crippen LogP contribution in [0.2, 0.25) is 0 Å².